The summed E-state index contributed by atoms with van der Waals surface area (Å²) in [5, 5.41) is 21.9. The summed E-state index contributed by atoms with van der Waals surface area (Å²) in [6.45, 7) is 0. The van der Waals surface area contributed by atoms with Crippen molar-refractivity contribution in [2.24, 2.45) is 0 Å². The highest BCUT2D eigenvalue weighted by Gasteiger charge is 2.16. The summed E-state index contributed by atoms with van der Waals surface area (Å²) in [5.74, 6) is -1.36. The lowest BCUT2D eigenvalue weighted by Gasteiger charge is -2.10. The van der Waals surface area contributed by atoms with Crippen LogP contribution in [0.15, 0.2) is 48.5 Å². The van der Waals surface area contributed by atoms with Crippen molar-refractivity contribution in [3.8, 4) is 11.1 Å². The number of nitro groups is 1. The summed E-state index contributed by atoms with van der Waals surface area (Å²) < 4.78 is 0. The predicted molar refractivity (Wildman–Crippen MR) is 62.9 cm³/mol. The number of carboxylic acids is 1. The molecule has 0 radical (unpaired) electrons. The predicted octanol–water partition coefficient (Wildman–Crippen LogP) is 1.63. The molecule has 0 aliphatic heterocycles. The largest absolute Gasteiger partial charge is 0.545 e. The van der Waals surface area contributed by atoms with E-state index in [2.05, 4.69) is 0 Å². The molecule has 0 aliphatic carbocycles. The smallest absolute Gasteiger partial charge is 0.277 e. The minimum absolute atomic E-state index is 0.0631. The number of nitro benzene ring substituents is 1. The zero-order chi connectivity index (χ0) is 13.1. The lowest BCUT2D eigenvalue weighted by atomic mass is 9.98. The molecule has 2 aromatic rings. The van der Waals surface area contributed by atoms with Crippen LogP contribution >= 0.6 is 0 Å². The van der Waals surface area contributed by atoms with Crippen LogP contribution in [0.25, 0.3) is 11.1 Å². The number of carbonyl (C=O) groups excluding carboxylic acids is 1. The molecule has 0 saturated carbocycles. The second kappa shape index (κ2) is 4.67. The summed E-state index contributed by atoms with van der Waals surface area (Å²) in [7, 11) is 0. The van der Waals surface area contributed by atoms with E-state index < -0.39 is 10.9 Å². The van der Waals surface area contributed by atoms with Gasteiger partial charge in [-0.3, -0.25) is 10.1 Å². The van der Waals surface area contributed by atoms with Gasteiger partial charge in [-0.2, -0.15) is 0 Å². The maximum absolute atomic E-state index is 11.0. The molecule has 0 aromatic heterocycles. The van der Waals surface area contributed by atoms with Crippen LogP contribution in [0.5, 0.6) is 0 Å². The van der Waals surface area contributed by atoms with Crippen molar-refractivity contribution >= 4 is 11.7 Å². The molecule has 0 fully saturated rings. The van der Waals surface area contributed by atoms with Crippen molar-refractivity contribution in [3.05, 3.63) is 64.2 Å². The minimum atomic E-state index is -1.36. The molecule has 0 bridgehead atoms. The van der Waals surface area contributed by atoms with Crippen molar-refractivity contribution in [2.45, 2.75) is 0 Å². The second-order valence-corrected chi connectivity index (χ2v) is 3.61. The molecule has 0 aliphatic rings. The number of benzene rings is 2. The Labute approximate surface area is 102 Å². The van der Waals surface area contributed by atoms with Gasteiger partial charge in [-0.05, 0) is 11.6 Å². The fourth-order valence-electron chi connectivity index (χ4n) is 1.76. The van der Waals surface area contributed by atoms with Crippen molar-refractivity contribution in [3.63, 3.8) is 0 Å². The van der Waals surface area contributed by atoms with Gasteiger partial charge in [-0.15, -0.1) is 0 Å². The number of para-hydroxylation sites is 1. The Morgan fingerprint density at radius 2 is 1.50 bits per heavy atom. The third-order valence-corrected chi connectivity index (χ3v) is 2.54. The Morgan fingerprint density at radius 1 is 0.944 bits per heavy atom. The van der Waals surface area contributed by atoms with Crippen LogP contribution in [0.4, 0.5) is 5.69 Å². The van der Waals surface area contributed by atoms with Gasteiger partial charge >= 0.3 is 0 Å². The molecular formula is C13H8NO4-. The van der Waals surface area contributed by atoms with Crippen LogP contribution in [0.2, 0.25) is 0 Å². The number of carboxylic acid groups (broad SMARTS) is 1. The molecule has 0 atom stereocenters. The fraction of sp³-hybridized carbons (Fsp3) is 0. The van der Waals surface area contributed by atoms with Gasteiger partial charge in [0.15, 0.2) is 0 Å². The summed E-state index contributed by atoms with van der Waals surface area (Å²) in [5.41, 5.74) is 0.352. The SMILES string of the molecule is O=C([O-])c1ccccc1-c1ccccc1[N+](=O)[O-]. The topological polar surface area (TPSA) is 83.3 Å². The van der Waals surface area contributed by atoms with Crippen molar-refractivity contribution in [1.29, 1.82) is 0 Å². The zero-order valence-electron chi connectivity index (χ0n) is 9.20. The first kappa shape index (κ1) is 11.8. The Hall–Kier alpha value is -2.69. The van der Waals surface area contributed by atoms with Gasteiger partial charge in [0, 0.05) is 11.6 Å². The molecule has 2 aromatic carbocycles. The van der Waals surface area contributed by atoms with E-state index in [1.54, 1.807) is 18.2 Å². The number of hydrogen-bond acceptors (Lipinski definition) is 4. The van der Waals surface area contributed by atoms with Gasteiger partial charge in [0.1, 0.15) is 0 Å². The Balaban J connectivity index is 2.70. The molecular weight excluding hydrogens is 234 g/mol. The zero-order valence-corrected chi connectivity index (χ0v) is 9.20. The van der Waals surface area contributed by atoms with E-state index in [1.807, 2.05) is 0 Å². The van der Waals surface area contributed by atoms with Crippen LogP contribution in [0.1, 0.15) is 10.4 Å². The number of rotatable bonds is 3. The summed E-state index contributed by atoms with van der Waals surface area (Å²) in [6, 6.07) is 12.1. The van der Waals surface area contributed by atoms with E-state index in [1.165, 1.54) is 30.3 Å². The van der Waals surface area contributed by atoms with Gasteiger partial charge in [-0.25, -0.2) is 0 Å². The molecule has 0 N–H and O–H groups in total. The average molecular weight is 242 g/mol. The maximum Gasteiger partial charge on any atom is 0.277 e. The van der Waals surface area contributed by atoms with Gasteiger partial charge in [0.25, 0.3) is 5.69 Å². The number of aromatic carboxylic acids is 1. The normalized spacial score (nSPS) is 10.0. The summed E-state index contributed by atoms with van der Waals surface area (Å²) in [4.78, 5) is 21.4. The first-order valence-corrected chi connectivity index (χ1v) is 5.15. The van der Waals surface area contributed by atoms with Gasteiger partial charge in [-0.1, -0.05) is 36.4 Å². The van der Waals surface area contributed by atoms with E-state index in [0.717, 1.165) is 0 Å². The third kappa shape index (κ3) is 2.06. The highest BCUT2D eigenvalue weighted by molar-refractivity contribution is 5.96. The number of carbonyl (C=O) groups is 1. The fourth-order valence-corrected chi connectivity index (χ4v) is 1.76. The first-order chi connectivity index (χ1) is 8.61. The molecule has 18 heavy (non-hydrogen) atoms. The number of nitrogens with zero attached hydrogens (tertiary/aromatic N) is 1. The Kier molecular flexibility index (Phi) is 3.05. The highest BCUT2D eigenvalue weighted by atomic mass is 16.6. The summed E-state index contributed by atoms with van der Waals surface area (Å²) >= 11 is 0. The van der Waals surface area contributed by atoms with E-state index in [4.69, 9.17) is 0 Å². The van der Waals surface area contributed by atoms with Crippen LogP contribution < -0.4 is 5.11 Å². The van der Waals surface area contributed by atoms with E-state index in [9.17, 15) is 20.0 Å². The molecule has 0 amide bonds. The van der Waals surface area contributed by atoms with Gasteiger partial charge in [0.2, 0.25) is 0 Å². The van der Waals surface area contributed by atoms with Gasteiger partial charge < -0.3 is 9.90 Å². The van der Waals surface area contributed by atoms with Crippen LogP contribution in [-0.2, 0) is 0 Å². The summed E-state index contributed by atoms with van der Waals surface area (Å²) in [6.07, 6.45) is 0. The van der Waals surface area contributed by atoms with E-state index in [-0.39, 0.29) is 22.4 Å². The van der Waals surface area contributed by atoms with E-state index >= 15 is 0 Å². The molecule has 5 nitrogen and oxygen atoms in total. The molecule has 0 unspecified atom stereocenters. The lowest BCUT2D eigenvalue weighted by molar-refractivity contribution is -0.384. The Bertz CT molecular complexity index is 566. The first-order valence-electron chi connectivity index (χ1n) is 5.15. The van der Waals surface area contributed by atoms with Crippen LogP contribution in [0, 0.1) is 10.1 Å². The Morgan fingerprint density at radius 3 is 2.11 bits per heavy atom. The monoisotopic (exact) mass is 242 g/mol. The molecule has 0 heterocycles. The van der Waals surface area contributed by atoms with Crippen molar-refractivity contribution in [1.82, 2.24) is 0 Å². The van der Waals surface area contributed by atoms with Crippen molar-refractivity contribution < 1.29 is 14.8 Å². The average Bonchev–Trinajstić information content (AvgIpc) is 2.38. The third-order valence-electron chi connectivity index (χ3n) is 2.54. The van der Waals surface area contributed by atoms with E-state index in [0.29, 0.717) is 0 Å². The standard InChI is InChI=1S/C13H9NO4/c15-13(16)11-7-2-1-5-9(11)10-6-3-4-8-12(10)14(17)18/h1-8H,(H,15,16)/p-1. The highest BCUT2D eigenvalue weighted by Crippen LogP contribution is 2.31. The van der Waals surface area contributed by atoms with Crippen LogP contribution in [0.3, 0.4) is 0 Å². The molecule has 0 saturated heterocycles. The molecule has 5 heteroatoms. The molecule has 2 rings (SSSR count). The van der Waals surface area contributed by atoms with Gasteiger partial charge in [0.05, 0.1) is 16.5 Å². The molecule has 90 valence electrons. The second-order valence-electron chi connectivity index (χ2n) is 3.61. The molecule has 0 spiro atoms. The van der Waals surface area contributed by atoms with Crippen LogP contribution in [-0.4, -0.2) is 10.9 Å². The number of hydrogen-bond donors (Lipinski definition) is 0. The maximum atomic E-state index is 11.0. The van der Waals surface area contributed by atoms with Crippen molar-refractivity contribution in [2.75, 3.05) is 0 Å². The lowest BCUT2D eigenvalue weighted by Crippen LogP contribution is -2.23. The minimum Gasteiger partial charge on any atom is -0.545 e. The quantitative estimate of drug-likeness (QED) is 0.604.